The molecule has 0 unspecified atom stereocenters. The summed E-state index contributed by atoms with van der Waals surface area (Å²) in [7, 11) is 0. The quantitative estimate of drug-likeness (QED) is 0.176. The van der Waals surface area contributed by atoms with E-state index in [2.05, 4.69) is 152 Å². The second-order valence-electron chi connectivity index (χ2n) is 15.0. The molecule has 0 aliphatic heterocycles. The van der Waals surface area contributed by atoms with E-state index in [0.29, 0.717) is 17.5 Å². The lowest BCUT2D eigenvalue weighted by Gasteiger charge is -2.13. The van der Waals surface area contributed by atoms with Crippen molar-refractivity contribution in [3.63, 3.8) is 0 Å². The van der Waals surface area contributed by atoms with Crippen molar-refractivity contribution in [2.45, 2.75) is 12.8 Å². The number of aromatic nitrogens is 3. The first-order valence-corrected chi connectivity index (χ1v) is 19.7. The van der Waals surface area contributed by atoms with Crippen LogP contribution < -0.4 is 0 Å². The zero-order valence-electron chi connectivity index (χ0n) is 31.3. The molecule has 0 amide bonds. The lowest BCUT2D eigenvalue weighted by Crippen LogP contribution is -2.01. The number of furan rings is 2. The molecule has 0 spiro atoms. The van der Waals surface area contributed by atoms with Crippen molar-refractivity contribution in [3.05, 3.63) is 182 Å². The molecule has 5 nitrogen and oxygen atoms in total. The Morgan fingerprint density at radius 3 is 1.81 bits per heavy atom. The normalized spacial score (nSPS) is 13.1. The van der Waals surface area contributed by atoms with Gasteiger partial charge in [0.05, 0.1) is 0 Å². The number of nitrogens with zero attached hydrogens (tertiary/aromatic N) is 3. The van der Waals surface area contributed by atoms with E-state index >= 15 is 0 Å². The summed E-state index contributed by atoms with van der Waals surface area (Å²) in [5.74, 6) is 1.80. The van der Waals surface area contributed by atoms with Gasteiger partial charge in [-0.3, -0.25) is 0 Å². The van der Waals surface area contributed by atoms with E-state index in [1.165, 1.54) is 11.1 Å². The predicted octanol–water partition coefficient (Wildman–Crippen LogP) is 14.4. The Labute approximate surface area is 333 Å². The molecule has 1 aliphatic rings. The number of fused-ring (bicyclic) bond motifs is 9. The molecule has 58 heavy (non-hydrogen) atoms. The van der Waals surface area contributed by atoms with Gasteiger partial charge >= 0.3 is 0 Å². The zero-order chi connectivity index (χ0) is 38.2. The SMILES string of the molecule is C1=CC(c2ccc(-c3nc(-c4ccc5ccccc5c4)nc(-c4ccc(-c5cc6oc7ccccc7c6c6ccccc56)c5oc6ccccc6c45)n3)cc2)=CCC1. The number of hydrogen-bond donors (Lipinski definition) is 0. The standard InChI is InChI=1S/C53H33N3O2/c1-2-12-32(13-3-1)34-22-25-35(26-23-34)51-54-52(37-27-24-33-14-4-5-15-36(33)30-37)56-53(55-51)43-29-28-40(50-49(43)42-19-9-11-21-46(42)58-50)44-31-47-48(39-17-7-6-16-38(39)44)41-18-8-10-20-45(41)57-47/h2,4-31H,1,3H2. The van der Waals surface area contributed by atoms with E-state index in [1.807, 2.05) is 24.3 Å². The molecule has 3 aromatic heterocycles. The van der Waals surface area contributed by atoms with Gasteiger partial charge in [-0.25, -0.2) is 15.0 Å². The van der Waals surface area contributed by atoms with Crippen molar-refractivity contribution >= 4 is 71.0 Å². The van der Waals surface area contributed by atoms with Gasteiger partial charge in [-0.2, -0.15) is 0 Å². The summed E-state index contributed by atoms with van der Waals surface area (Å²) in [6.45, 7) is 0. The maximum absolute atomic E-state index is 6.86. The van der Waals surface area contributed by atoms with Crippen molar-refractivity contribution in [3.8, 4) is 45.3 Å². The minimum Gasteiger partial charge on any atom is -0.456 e. The second kappa shape index (κ2) is 13.0. The highest BCUT2D eigenvalue weighted by molar-refractivity contribution is 6.24. The van der Waals surface area contributed by atoms with Gasteiger partial charge in [0, 0.05) is 43.8 Å². The second-order valence-corrected chi connectivity index (χ2v) is 15.0. The molecule has 0 saturated heterocycles. The summed E-state index contributed by atoms with van der Waals surface area (Å²) in [6, 6.07) is 54.8. The van der Waals surface area contributed by atoms with Crippen molar-refractivity contribution < 1.29 is 8.83 Å². The Kier molecular flexibility index (Phi) is 7.29. The molecule has 1 aliphatic carbocycles. The molecule has 0 bridgehead atoms. The van der Waals surface area contributed by atoms with Crippen LogP contribution in [0.15, 0.2) is 185 Å². The van der Waals surface area contributed by atoms with Crippen LogP contribution in [0.4, 0.5) is 0 Å². The van der Waals surface area contributed by atoms with Gasteiger partial charge in [0.15, 0.2) is 17.5 Å². The monoisotopic (exact) mass is 743 g/mol. The molecule has 3 heterocycles. The minimum atomic E-state index is 0.579. The molecule has 0 atom stereocenters. The van der Waals surface area contributed by atoms with Crippen molar-refractivity contribution in [2.75, 3.05) is 0 Å². The van der Waals surface area contributed by atoms with Gasteiger partial charge in [0.25, 0.3) is 0 Å². The van der Waals surface area contributed by atoms with Crippen LogP contribution in [0.2, 0.25) is 0 Å². The van der Waals surface area contributed by atoms with E-state index in [1.54, 1.807) is 0 Å². The van der Waals surface area contributed by atoms with Crippen LogP contribution >= 0.6 is 0 Å². The third kappa shape index (κ3) is 5.21. The Morgan fingerprint density at radius 2 is 1.02 bits per heavy atom. The summed E-state index contributed by atoms with van der Waals surface area (Å²) in [5.41, 5.74) is 10.4. The van der Waals surface area contributed by atoms with Gasteiger partial charge in [-0.15, -0.1) is 0 Å². The third-order valence-corrected chi connectivity index (χ3v) is 11.6. The average molecular weight is 744 g/mol. The molecule has 8 aromatic carbocycles. The molecule has 272 valence electrons. The van der Waals surface area contributed by atoms with Crippen LogP contribution in [0.5, 0.6) is 0 Å². The molecule has 0 saturated carbocycles. The fourth-order valence-electron chi connectivity index (χ4n) is 8.76. The Hall–Kier alpha value is -7.63. The van der Waals surface area contributed by atoms with E-state index < -0.39 is 0 Å². The highest BCUT2D eigenvalue weighted by Gasteiger charge is 2.23. The lowest BCUT2D eigenvalue weighted by atomic mass is 9.92. The predicted molar refractivity (Wildman–Crippen MR) is 237 cm³/mol. The van der Waals surface area contributed by atoms with E-state index in [0.717, 1.165) is 106 Å². The van der Waals surface area contributed by atoms with Gasteiger partial charge < -0.3 is 8.83 Å². The Morgan fingerprint density at radius 1 is 0.397 bits per heavy atom. The van der Waals surface area contributed by atoms with Crippen LogP contribution in [0, 0.1) is 0 Å². The number of para-hydroxylation sites is 2. The third-order valence-electron chi connectivity index (χ3n) is 11.6. The first-order chi connectivity index (χ1) is 28.7. The van der Waals surface area contributed by atoms with Crippen LogP contribution in [-0.2, 0) is 0 Å². The topological polar surface area (TPSA) is 65.0 Å². The Bertz CT molecular complexity index is 3510. The molecule has 0 N–H and O–H groups in total. The molecule has 5 heteroatoms. The maximum atomic E-state index is 6.86. The van der Waals surface area contributed by atoms with Crippen molar-refractivity contribution in [1.82, 2.24) is 15.0 Å². The van der Waals surface area contributed by atoms with Crippen LogP contribution in [0.3, 0.4) is 0 Å². The molecule has 0 fully saturated rings. The van der Waals surface area contributed by atoms with Crippen LogP contribution in [-0.4, -0.2) is 15.0 Å². The van der Waals surface area contributed by atoms with Gasteiger partial charge in [0.2, 0.25) is 0 Å². The Balaban J connectivity index is 1.10. The maximum Gasteiger partial charge on any atom is 0.164 e. The van der Waals surface area contributed by atoms with Gasteiger partial charge in [-0.05, 0) is 87.5 Å². The first-order valence-electron chi connectivity index (χ1n) is 19.7. The summed E-state index contributed by atoms with van der Waals surface area (Å²) >= 11 is 0. The van der Waals surface area contributed by atoms with E-state index in [-0.39, 0.29) is 0 Å². The number of benzene rings is 8. The molecular formula is C53H33N3O2. The summed E-state index contributed by atoms with van der Waals surface area (Å²) in [5, 5.41) is 8.73. The molecular weight excluding hydrogens is 711 g/mol. The van der Waals surface area contributed by atoms with Crippen molar-refractivity contribution in [2.24, 2.45) is 0 Å². The number of hydrogen-bond acceptors (Lipinski definition) is 5. The molecule has 0 radical (unpaired) electrons. The van der Waals surface area contributed by atoms with Crippen LogP contribution in [0.25, 0.3) is 116 Å². The summed E-state index contributed by atoms with van der Waals surface area (Å²) < 4.78 is 13.4. The van der Waals surface area contributed by atoms with Crippen molar-refractivity contribution in [1.29, 1.82) is 0 Å². The summed E-state index contributed by atoms with van der Waals surface area (Å²) in [6.07, 6.45) is 8.89. The minimum absolute atomic E-state index is 0.579. The highest BCUT2D eigenvalue weighted by atomic mass is 16.3. The molecule has 11 aromatic rings. The average Bonchev–Trinajstić information content (AvgIpc) is 3.88. The summed E-state index contributed by atoms with van der Waals surface area (Å²) in [4.78, 5) is 15.6. The smallest absolute Gasteiger partial charge is 0.164 e. The first kappa shape index (κ1) is 32.6. The van der Waals surface area contributed by atoms with Crippen LogP contribution in [0.1, 0.15) is 18.4 Å². The van der Waals surface area contributed by atoms with Gasteiger partial charge in [0.1, 0.15) is 22.3 Å². The lowest BCUT2D eigenvalue weighted by molar-refractivity contribution is 0.668. The fourth-order valence-corrected chi connectivity index (χ4v) is 8.76. The largest absolute Gasteiger partial charge is 0.456 e. The van der Waals surface area contributed by atoms with Gasteiger partial charge in [-0.1, -0.05) is 140 Å². The van der Waals surface area contributed by atoms with E-state index in [9.17, 15) is 0 Å². The highest BCUT2D eigenvalue weighted by Crippen LogP contribution is 2.46. The molecule has 12 rings (SSSR count). The number of allylic oxidation sites excluding steroid dienone is 4. The number of rotatable bonds is 5. The van der Waals surface area contributed by atoms with E-state index in [4.69, 9.17) is 23.8 Å². The fraction of sp³-hybridized carbons (Fsp3) is 0.0377. The zero-order valence-corrected chi connectivity index (χ0v) is 31.3.